The van der Waals surface area contributed by atoms with Gasteiger partial charge in [0.2, 0.25) is 5.91 Å². The highest BCUT2D eigenvalue weighted by Gasteiger charge is 2.24. The molecule has 1 aliphatic rings. The first-order valence-corrected chi connectivity index (χ1v) is 7.60. The van der Waals surface area contributed by atoms with E-state index in [0.29, 0.717) is 17.4 Å². The molecule has 0 saturated carbocycles. The topological polar surface area (TPSA) is 23.6 Å². The maximum Gasteiger partial charge on any atom is 0.227 e. The van der Waals surface area contributed by atoms with Gasteiger partial charge in [-0.05, 0) is 44.5 Å². The second kappa shape index (κ2) is 7.09. The van der Waals surface area contributed by atoms with Crippen molar-refractivity contribution >= 4 is 17.5 Å². The molecule has 1 fully saturated rings. The highest BCUT2D eigenvalue weighted by molar-refractivity contribution is 6.31. The molecule has 1 saturated heterocycles. The molecule has 0 aromatic heterocycles. The molecule has 0 aliphatic carbocycles. The number of benzene rings is 1. The van der Waals surface area contributed by atoms with Crippen molar-refractivity contribution in [3.05, 3.63) is 34.9 Å². The molecule has 0 radical (unpaired) electrons. The number of piperidine rings is 1. The lowest BCUT2D eigenvalue weighted by Crippen LogP contribution is -2.43. The van der Waals surface area contributed by atoms with Crippen molar-refractivity contribution in [2.24, 2.45) is 5.92 Å². The molecule has 1 aromatic rings. The monoisotopic (exact) mass is 294 g/mol. The molecular formula is C16H23ClN2O. The molecule has 1 unspecified atom stereocenters. The van der Waals surface area contributed by atoms with Crippen molar-refractivity contribution in [1.29, 1.82) is 0 Å². The van der Waals surface area contributed by atoms with Crippen molar-refractivity contribution in [2.45, 2.75) is 19.3 Å². The van der Waals surface area contributed by atoms with Crippen LogP contribution in [0.15, 0.2) is 24.3 Å². The highest BCUT2D eigenvalue weighted by atomic mass is 35.5. The van der Waals surface area contributed by atoms with E-state index in [0.717, 1.165) is 31.6 Å². The van der Waals surface area contributed by atoms with Gasteiger partial charge in [0, 0.05) is 24.7 Å². The van der Waals surface area contributed by atoms with Crippen LogP contribution in [0.2, 0.25) is 5.02 Å². The Morgan fingerprint density at radius 3 is 2.85 bits per heavy atom. The minimum atomic E-state index is 0.196. The lowest BCUT2D eigenvalue weighted by atomic mass is 9.97. The van der Waals surface area contributed by atoms with Crippen LogP contribution in [0, 0.1) is 5.92 Å². The Kier molecular flexibility index (Phi) is 5.44. The normalized spacial score (nSPS) is 19.4. The van der Waals surface area contributed by atoms with Crippen LogP contribution in [0.5, 0.6) is 0 Å². The average Bonchev–Trinajstić information content (AvgIpc) is 2.41. The largest absolute Gasteiger partial charge is 0.342 e. The van der Waals surface area contributed by atoms with Crippen molar-refractivity contribution in [3.8, 4) is 0 Å². The number of halogens is 1. The quantitative estimate of drug-likeness (QED) is 0.852. The summed E-state index contributed by atoms with van der Waals surface area (Å²) in [6.45, 7) is 2.81. The molecule has 1 atom stereocenters. The molecule has 3 nitrogen and oxygen atoms in total. The number of carbonyl (C=O) groups excluding carboxylic acids is 1. The minimum Gasteiger partial charge on any atom is -0.342 e. The number of nitrogens with zero attached hydrogens (tertiary/aromatic N) is 2. The van der Waals surface area contributed by atoms with Gasteiger partial charge < -0.3 is 9.80 Å². The summed E-state index contributed by atoms with van der Waals surface area (Å²) in [6.07, 6.45) is 2.73. The van der Waals surface area contributed by atoms with Crippen LogP contribution >= 0.6 is 11.6 Å². The van der Waals surface area contributed by atoms with Gasteiger partial charge in [0.05, 0.1) is 6.42 Å². The van der Waals surface area contributed by atoms with E-state index in [1.807, 2.05) is 29.2 Å². The molecule has 1 heterocycles. The van der Waals surface area contributed by atoms with Crippen LogP contribution in [0.1, 0.15) is 18.4 Å². The summed E-state index contributed by atoms with van der Waals surface area (Å²) in [5.74, 6) is 0.788. The zero-order valence-corrected chi connectivity index (χ0v) is 13.1. The SMILES string of the molecule is CN(C)CC1CCCN(C(=O)Cc2ccccc2Cl)C1. The van der Waals surface area contributed by atoms with Crippen molar-refractivity contribution in [1.82, 2.24) is 9.80 Å². The molecule has 2 rings (SSSR count). The number of hydrogen-bond acceptors (Lipinski definition) is 2. The van der Waals surface area contributed by atoms with Gasteiger partial charge in [-0.15, -0.1) is 0 Å². The summed E-state index contributed by atoms with van der Waals surface area (Å²) in [5.41, 5.74) is 0.925. The van der Waals surface area contributed by atoms with E-state index in [-0.39, 0.29) is 5.91 Å². The molecule has 1 amide bonds. The summed E-state index contributed by atoms with van der Waals surface area (Å²) in [7, 11) is 4.18. The number of likely N-dealkylation sites (tertiary alicyclic amines) is 1. The first-order chi connectivity index (χ1) is 9.56. The van der Waals surface area contributed by atoms with Gasteiger partial charge in [-0.3, -0.25) is 4.79 Å². The summed E-state index contributed by atoms with van der Waals surface area (Å²) in [6, 6.07) is 7.60. The standard InChI is InChI=1S/C16H23ClN2O/c1-18(2)11-13-6-5-9-19(12-13)16(20)10-14-7-3-4-8-15(14)17/h3-4,7-8,13H,5-6,9-12H2,1-2H3. The number of amides is 1. The molecule has 1 aromatic carbocycles. The summed E-state index contributed by atoms with van der Waals surface area (Å²) >= 11 is 6.13. The fraction of sp³-hybridized carbons (Fsp3) is 0.562. The van der Waals surface area contributed by atoms with Crippen LogP contribution in [0.4, 0.5) is 0 Å². The second-order valence-corrected chi connectivity index (χ2v) is 6.29. The third-order valence-corrected chi connectivity index (χ3v) is 4.16. The Bertz CT molecular complexity index is 462. The Labute approximate surface area is 126 Å². The molecule has 4 heteroatoms. The van der Waals surface area contributed by atoms with Crippen LogP contribution in [-0.4, -0.2) is 49.4 Å². The van der Waals surface area contributed by atoms with Gasteiger partial charge >= 0.3 is 0 Å². The minimum absolute atomic E-state index is 0.196. The Hall–Kier alpha value is -1.06. The van der Waals surface area contributed by atoms with Crippen molar-refractivity contribution < 1.29 is 4.79 Å². The third kappa shape index (κ3) is 4.22. The van der Waals surface area contributed by atoms with E-state index in [2.05, 4.69) is 19.0 Å². The van der Waals surface area contributed by atoms with Crippen molar-refractivity contribution in [3.63, 3.8) is 0 Å². The Balaban J connectivity index is 1.93. The van der Waals surface area contributed by atoms with Crippen LogP contribution < -0.4 is 0 Å². The molecule has 1 aliphatic heterocycles. The van der Waals surface area contributed by atoms with Crippen LogP contribution in [0.3, 0.4) is 0 Å². The third-order valence-electron chi connectivity index (χ3n) is 3.79. The maximum absolute atomic E-state index is 12.4. The summed E-state index contributed by atoms with van der Waals surface area (Å²) in [4.78, 5) is 16.6. The molecule has 110 valence electrons. The smallest absolute Gasteiger partial charge is 0.227 e. The van der Waals surface area contributed by atoms with Crippen LogP contribution in [0.25, 0.3) is 0 Å². The van der Waals surface area contributed by atoms with Gasteiger partial charge in [0.25, 0.3) is 0 Å². The van der Waals surface area contributed by atoms with Gasteiger partial charge in [-0.25, -0.2) is 0 Å². The molecular weight excluding hydrogens is 272 g/mol. The molecule has 0 N–H and O–H groups in total. The Morgan fingerprint density at radius 2 is 2.15 bits per heavy atom. The summed E-state index contributed by atoms with van der Waals surface area (Å²) in [5, 5.41) is 0.683. The van der Waals surface area contributed by atoms with E-state index in [9.17, 15) is 4.79 Å². The highest BCUT2D eigenvalue weighted by Crippen LogP contribution is 2.20. The van der Waals surface area contributed by atoms with E-state index < -0.39 is 0 Å². The lowest BCUT2D eigenvalue weighted by Gasteiger charge is -2.34. The first kappa shape index (κ1) is 15.3. The van der Waals surface area contributed by atoms with Crippen LogP contribution in [-0.2, 0) is 11.2 Å². The average molecular weight is 295 g/mol. The predicted molar refractivity (Wildman–Crippen MR) is 83.0 cm³/mol. The zero-order valence-electron chi connectivity index (χ0n) is 12.3. The molecule has 0 bridgehead atoms. The van der Waals surface area contributed by atoms with E-state index in [4.69, 9.17) is 11.6 Å². The first-order valence-electron chi connectivity index (χ1n) is 7.22. The summed E-state index contributed by atoms with van der Waals surface area (Å²) < 4.78 is 0. The fourth-order valence-electron chi connectivity index (χ4n) is 2.87. The predicted octanol–water partition coefficient (Wildman–Crippen LogP) is 2.68. The van der Waals surface area contributed by atoms with Gasteiger partial charge in [-0.2, -0.15) is 0 Å². The lowest BCUT2D eigenvalue weighted by molar-refractivity contribution is -0.132. The fourth-order valence-corrected chi connectivity index (χ4v) is 3.08. The van der Waals surface area contributed by atoms with E-state index >= 15 is 0 Å². The van der Waals surface area contributed by atoms with E-state index in [1.165, 1.54) is 6.42 Å². The Morgan fingerprint density at radius 1 is 1.40 bits per heavy atom. The number of hydrogen-bond donors (Lipinski definition) is 0. The molecule has 20 heavy (non-hydrogen) atoms. The van der Waals surface area contributed by atoms with Gasteiger partial charge in [0.1, 0.15) is 0 Å². The zero-order chi connectivity index (χ0) is 14.5. The van der Waals surface area contributed by atoms with Crippen molar-refractivity contribution in [2.75, 3.05) is 33.7 Å². The second-order valence-electron chi connectivity index (χ2n) is 5.88. The molecule has 0 spiro atoms. The number of rotatable bonds is 4. The maximum atomic E-state index is 12.4. The van der Waals surface area contributed by atoms with Gasteiger partial charge in [0.15, 0.2) is 0 Å². The van der Waals surface area contributed by atoms with E-state index in [1.54, 1.807) is 0 Å². The van der Waals surface area contributed by atoms with Gasteiger partial charge in [-0.1, -0.05) is 29.8 Å². The number of carbonyl (C=O) groups is 1.